The van der Waals surface area contributed by atoms with Crippen LogP contribution in [-0.2, 0) is 10.4 Å². The van der Waals surface area contributed by atoms with Crippen molar-refractivity contribution in [1.82, 2.24) is 0 Å². The minimum atomic E-state index is -0.739. The second-order valence-electron chi connectivity index (χ2n) is 1.40. The third-order valence-electron chi connectivity index (χ3n) is 0.821. The fourth-order valence-electron chi connectivity index (χ4n) is 0.471. The highest BCUT2D eigenvalue weighted by Crippen LogP contribution is 2.00. The Kier molecular flexibility index (Phi) is 2.76. The molecule has 0 amide bonds. The molecular weight excluding hydrogens is 188 g/mol. The molecule has 0 N–H and O–H groups in total. The van der Waals surface area contributed by atoms with Crippen molar-refractivity contribution in [2.45, 2.75) is 6.61 Å². The second kappa shape index (κ2) is 3.66. The van der Waals surface area contributed by atoms with Crippen LogP contribution in [0.2, 0.25) is 0 Å². The van der Waals surface area contributed by atoms with Gasteiger partial charge in [-0.3, -0.25) is 0 Å². The van der Waals surface area contributed by atoms with Gasteiger partial charge in [-0.2, -0.15) is 0 Å². The topological polar surface area (TPSA) is 45.4 Å². The van der Waals surface area contributed by atoms with Crippen molar-refractivity contribution < 1.29 is 28.0 Å². The number of hydrogen-bond donors (Lipinski definition) is 0. The van der Waals surface area contributed by atoms with E-state index in [1.54, 1.807) is 18.4 Å². The largest absolute Gasteiger partial charge is 0.550 e. The van der Waals surface area contributed by atoms with Gasteiger partial charge in [0.25, 0.3) is 0 Å². The monoisotopic (exact) mass is 192 g/mol. The molecule has 0 aliphatic carbocycles. The molecule has 0 fully saturated rings. The SMILES string of the molecule is [O-][Br+]OCc1ccco1. The molecule has 9 heavy (non-hydrogen) atoms. The van der Waals surface area contributed by atoms with Gasteiger partial charge in [0.15, 0.2) is 6.61 Å². The van der Waals surface area contributed by atoms with E-state index in [0.717, 1.165) is 0 Å². The summed E-state index contributed by atoms with van der Waals surface area (Å²) < 4.78 is 19.2. The highest BCUT2D eigenvalue weighted by atomic mass is 79.9. The molecule has 0 unspecified atom stereocenters. The molecule has 0 bridgehead atoms. The molecule has 0 spiro atoms. The normalized spacial score (nSPS) is 9.89. The lowest BCUT2D eigenvalue weighted by atomic mass is 10.5. The van der Waals surface area contributed by atoms with Crippen molar-refractivity contribution >= 4 is 0 Å². The van der Waals surface area contributed by atoms with Gasteiger partial charge in [-0.15, -0.1) is 3.83 Å². The Morgan fingerprint density at radius 2 is 2.67 bits per heavy atom. The van der Waals surface area contributed by atoms with Crippen LogP contribution in [-0.4, -0.2) is 0 Å². The Morgan fingerprint density at radius 3 is 3.22 bits per heavy atom. The molecule has 1 aromatic heterocycles. The first-order chi connectivity index (χ1) is 4.43. The summed E-state index contributed by atoms with van der Waals surface area (Å²) in [6.07, 6.45) is 1.55. The van der Waals surface area contributed by atoms with Gasteiger partial charge >= 0.3 is 15.5 Å². The summed E-state index contributed by atoms with van der Waals surface area (Å²) in [6.45, 7) is 0.288. The number of halogens is 1. The molecule has 4 heteroatoms. The van der Waals surface area contributed by atoms with Crippen LogP contribution < -0.4 is 4.20 Å². The van der Waals surface area contributed by atoms with Crippen molar-refractivity contribution in [2.24, 2.45) is 0 Å². The van der Waals surface area contributed by atoms with Gasteiger partial charge in [-0.25, -0.2) is 0 Å². The fourth-order valence-corrected chi connectivity index (χ4v) is 0.790. The Balaban J connectivity index is 2.30. The molecule has 1 aromatic rings. The molecule has 3 nitrogen and oxygen atoms in total. The predicted octanol–water partition coefficient (Wildman–Crippen LogP) is 0.0715. The first-order valence-electron chi connectivity index (χ1n) is 2.35. The molecule has 50 valence electrons. The summed E-state index contributed by atoms with van der Waals surface area (Å²) in [5.74, 6) is 0.694. The van der Waals surface area contributed by atoms with Crippen LogP contribution in [0.15, 0.2) is 22.8 Å². The second-order valence-corrected chi connectivity index (χ2v) is 2.12. The standard InChI is InChI=1S/C5H5BrO3/c7-6-9-4-5-2-1-3-8-5/h1-3H,4H2. The molecule has 1 heterocycles. The molecule has 0 saturated carbocycles. The van der Waals surface area contributed by atoms with E-state index in [1.165, 1.54) is 0 Å². The zero-order valence-electron chi connectivity index (χ0n) is 4.54. The van der Waals surface area contributed by atoms with E-state index in [-0.39, 0.29) is 6.61 Å². The van der Waals surface area contributed by atoms with Crippen molar-refractivity contribution in [2.75, 3.05) is 0 Å². The number of rotatable bonds is 3. The average molecular weight is 193 g/mol. The lowest BCUT2D eigenvalue weighted by Gasteiger charge is -1.84. The number of hydrogen-bond acceptors (Lipinski definition) is 3. The molecule has 0 aliphatic rings. The van der Waals surface area contributed by atoms with Gasteiger partial charge in [0, 0.05) is 0 Å². The van der Waals surface area contributed by atoms with Gasteiger partial charge in [0.2, 0.25) is 0 Å². The first-order valence-corrected chi connectivity index (χ1v) is 3.64. The molecule has 0 aliphatic heterocycles. The Bertz CT molecular complexity index is 149. The summed E-state index contributed by atoms with van der Waals surface area (Å²) in [4.78, 5) is 0. The van der Waals surface area contributed by atoms with Crippen LogP contribution in [0.5, 0.6) is 0 Å². The maximum Gasteiger partial charge on any atom is 0.420 e. The van der Waals surface area contributed by atoms with Gasteiger partial charge in [0.05, 0.1) is 6.26 Å². The highest BCUT2D eigenvalue weighted by Gasteiger charge is 1.98. The fraction of sp³-hybridized carbons (Fsp3) is 0.200. The maximum atomic E-state index is 9.79. The summed E-state index contributed by atoms with van der Waals surface area (Å²) >= 11 is -0.739. The van der Waals surface area contributed by atoms with Crippen molar-refractivity contribution in [3.8, 4) is 0 Å². The van der Waals surface area contributed by atoms with Crippen molar-refractivity contribution in [1.29, 1.82) is 0 Å². The van der Waals surface area contributed by atoms with Gasteiger partial charge in [-0.1, -0.05) is 0 Å². The van der Waals surface area contributed by atoms with Gasteiger partial charge in [-0.05, 0) is 12.1 Å². The molecule has 0 atom stereocenters. The molecule has 0 radical (unpaired) electrons. The third kappa shape index (κ3) is 2.17. The van der Waals surface area contributed by atoms with Crippen LogP contribution in [0.3, 0.4) is 0 Å². The quantitative estimate of drug-likeness (QED) is 0.682. The minimum absolute atomic E-state index is 0.288. The lowest BCUT2D eigenvalue weighted by molar-refractivity contribution is -1.27. The Morgan fingerprint density at radius 1 is 1.78 bits per heavy atom. The Hall–Kier alpha value is -0.320. The first kappa shape index (κ1) is 6.80. The molecule has 0 aromatic carbocycles. The van der Waals surface area contributed by atoms with Crippen LogP contribution >= 0.6 is 0 Å². The minimum Gasteiger partial charge on any atom is -0.550 e. The summed E-state index contributed by atoms with van der Waals surface area (Å²) in [5, 5.41) is 0. The molecule has 0 saturated heterocycles. The number of furan rings is 1. The van der Waals surface area contributed by atoms with E-state index in [2.05, 4.69) is 3.83 Å². The van der Waals surface area contributed by atoms with E-state index in [1.807, 2.05) is 0 Å². The zero-order valence-corrected chi connectivity index (χ0v) is 6.13. The maximum absolute atomic E-state index is 9.79. The van der Waals surface area contributed by atoms with Crippen LogP contribution in [0.4, 0.5) is 0 Å². The molecular formula is C5H5BrO3. The van der Waals surface area contributed by atoms with E-state index in [9.17, 15) is 4.20 Å². The summed E-state index contributed by atoms with van der Waals surface area (Å²) in [5.41, 5.74) is 0. The Labute approximate surface area is 59.4 Å². The smallest absolute Gasteiger partial charge is 0.420 e. The summed E-state index contributed by atoms with van der Waals surface area (Å²) in [7, 11) is 0. The molecule has 1 rings (SSSR count). The van der Waals surface area contributed by atoms with Crippen LogP contribution in [0, 0.1) is 15.5 Å². The zero-order chi connectivity index (χ0) is 6.53. The van der Waals surface area contributed by atoms with Gasteiger partial charge < -0.3 is 8.62 Å². The summed E-state index contributed by atoms with van der Waals surface area (Å²) in [6, 6.07) is 3.52. The third-order valence-corrected chi connectivity index (χ3v) is 1.24. The predicted molar refractivity (Wildman–Crippen MR) is 23.5 cm³/mol. The van der Waals surface area contributed by atoms with E-state index >= 15 is 0 Å². The highest BCUT2D eigenvalue weighted by molar-refractivity contribution is 4.95. The van der Waals surface area contributed by atoms with Crippen LogP contribution in [0.1, 0.15) is 5.76 Å². The van der Waals surface area contributed by atoms with E-state index in [0.29, 0.717) is 5.76 Å². The van der Waals surface area contributed by atoms with Crippen LogP contribution in [0.25, 0.3) is 0 Å². The van der Waals surface area contributed by atoms with E-state index < -0.39 is 15.5 Å². The van der Waals surface area contributed by atoms with Crippen molar-refractivity contribution in [3.05, 3.63) is 24.2 Å². The van der Waals surface area contributed by atoms with Crippen molar-refractivity contribution in [3.63, 3.8) is 0 Å². The van der Waals surface area contributed by atoms with E-state index in [4.69, 9.17) is 4.42 Å². The lowest BCUT2D eigenvalue weighted by Crippen LogP contribution is -2.03. The van der Waals surface area contributed by atoms with Gasteiger partial charge in [0.1, 0.15) is 5.76 Å². The average Bonchev–Trinajstić information content (AvgIpc) is 2.34.